The summed E-state index contributed by atoms with van der Waals surface area (Å²) in [6.07, 6.45) is 0. The molecule has 0 radical (unpaired) electrons. The molecule has 2 aromatic carbocycles. The third-order valence-corrected chi connectivity index (χ3v) is 2.77. The van der Waals surface area contributed by atoms with E-state index in [0.29, 0.717) is 17.3 Å². The molecule has 1 aromatic heterocycles. The van der Waals surface area contributed by atoms with Crippen molar-refractivity contribution in [3.05, 3.63) is 42.5 Å². The monoisotopic (exact) mass is 240 g/mol. The molecule has 0 aliphatic carbocycles. The number of fused-ring (bicyclic) bond motifs is 1. The number of nitrogen functional groups attached to an aromatic ring is 1. The van der Waals surface area contributed by atoms with E-state index in [0.717, 1.165) is 16.7 Å². The number of ether oxygens (including phenoxy) is 1. The molecule has 3 rings (SSSR count). The van der Waals surface area contributed by atoms with Gasteiger partial charge in [0.2, 0.25) is 5.89 Å². The fourth-order valence-electron chi connectivity index (χ4n) is 1.84. The lowest BCUT2D eigenvalue weighted by atomic mass is 10.2. The van der Waals surface area contributed by atoms with Crippen LogP contribution in [0.25, 0.3) is 22.6 Å². The van der Waals surface area contributed by atoms with Crippen molar-refractivity contribution in [2.24, 2.45) is 0 Å². The lowest BCUT2D eigenvalue weighted by molar-refractivity contribution is 0.417. The minimum atomic E-state index is 0.564. The Morgan fingerprint density at radius 3 is 2.78 bits per heavy atom. The Hall–Kier alpha value is -2.49. The highest BCUT2D eigenvalue weighted by Crippen LogP contribution is 2.30. The Labute approximate surface area is 104 Å². The maximum absolute atomic E-state index is 5.78. The van der Waals surface area contributed by atoms with Gasteiger partial charge in [-0.25, -0.2) is 4.98 Å². The minimum Gasteiger partial charge on any atom is -0.495 e. The lowest BCUT2D eigenvalue weighted by Gasteiger charge is -2.04. The quantitative estimate of drug-likeness (QED) is 0.699. The molecule has 4 heteroatoms. The van der Waals surface area contributed by atoms with Gasteiger partial charge in [0.1, 0.15) is 11.3 Å². The molecule has 0 spiro atoms. The van der Waals surface area contributed by atoms with E-state index in [4.69, 9.17) is 14.9 Å². The van der Waals surface area contributed by atoms with Crippen molar-refractivity contribution in [1.82, 2.24) is 4.98 Å². The van der Waals surface area contributed by atoms with E-state index < -0.39 is 0 Å². The molecule has 0 atom stereocenters. The van der Waals surface area contributed by atoms with Crippen LogP contribution in [-0.4, -0.2) is 12.1 Å². The molecule has 0 fully saturated rings. The van der Waals surface area contributed by atoms with Crippen LogP contribution >= 0.6 is 0 Å². The summed E-state index contributed by atoms with van der Waals surface area (Å²) in [6, 6.07) is 13.1. The number of aromatic nitrogens is 1. The summed E-state index contributed by atoms with van der Waals surface area (Å²) >= 11 is 0. The second kappa shape index (κ2) is 4.07. The molecule has 0 amide bonds. The van der Waals surface area contributed by atoms with Crippen LogP contribution in [-0.2, 0) is 0 Å². The van der Waals surface area contributed by atoms with Gasteiger partial charge in [0.05, 0.1) is 12.8 Å². The summed E-state index contributed by atoms with van der Waals surface area (Å²) in [7, 11) is 1.58. The third kappa shape index (κ3) is 1.68. The number of oxazole rings is 1. The Bertz CT molecular complexity index is 671. The number of nitrogens with two attached hydrogens (primary N) is 1. The highest BCUT2D eigenvalue weighted by Gasteiger charge is 2.09. The Morgan fingerprint density at radius 2 is 2.00 bits per heavy atom. The van der Waals surface area contributed by atoms with E-state index >= 15 is 0 Å². The predicted molar refractivity (Wildman–Crippen MR) is 70.4 cm³/mol. The zero-order chi connectivity index (χ0) is 12.5. The normalized spacial score (nSPS) is 10.7. The number of rotatable bonds is 2. The van der Waals surface area contributed by atoms with Crippen LogP contribution in [0.15, 0.2) is 46.9 Å². The number of nitrogens with zero attached hydrogens (tertiary/aromatic N) is 1. The van der Waals surface area contributed by atoms with Crippen molar-refractivity contribution in [2.45, 2.75) is 0 Å². The average Bonchev–Trinajstić information content (AvgIpc) is 2.83. The lowest BCUT2D eigenvalue weighted by Crippen LogP contribution is -1.92. The minimum absolute atomic E-state index is 0.564. The van der Waals surface area contributed by atoms with Crippen molar-refractivity contribution in [3.63, 3.8) is 0 Å². The van der Waals surface area contributed by atoms with Crippen molar-refractivity contribution >= 4 is 16.8 Å². The van der Waals surface area contributed by atoms with Gasteiger partial charge in [-0.15, -0.1) is 0 Å². The summed E-state index contributed by atoms with van der Waals surface area (Å²) in [5.74, 6) is 1.18. The van der Waals surface area contributed by atoms with Crippen molar-refractivity contribution in [1.29, 1.82) is 0 Å². The molecule has 1 heterocycles. The molecule has 0 aliphatic rings. The van der Waals surface area contributed by atoms with Gasteiger partial charge in [-0.1, -0.05) is 12.1 Å². The summed E-state index contributed by atoms with van der Waals surface area (Å²) in [6.45, 7) is 0. The van der Waals surface area contributed by atoms with E-state index in [2.05, 4.69) is 4.98 Å². The second-order valence-corrected chi connectivity index (χ2v) is 3.94. The standard InChI is InChI=1S/C14H12N2O2/c1-17-13-8-9(6-7-10(13)15)14-16-11-4-2-3-5-12(11)18-14/h2-8H,15H2,1H3. The molecule has 0 saturated carbocycles. The molecule has 4 nitrogen and oxygen atoms in total. The first kappa shape index (κ1) is 10.7. The maximum atomic E-state index is 5.78. The molecule has 3 aromatic rings. The first-order chi connectivity index (χ1) is 8.78. The molecular formula is C14H12N2O2. The van der Waals surface area contributed by atoms with Crippen molar-refractivity contribution in [3.8, 4) is 17.2 Å². The fraction of sp³-hybridized carbons (Fsp3) is 0.0714. The summed E-state index contributed by atoms with van der Waals surface area (Å²) in [4.78, 5) is 4.42. The van der Waals surface area contributed by atoms with Gasteiger partial charge in [0, 0.05) is 5.56 Å². The van der Waals surface area contributed by atoms with Crippen LogP contribution in [0.2, 0.25) is 0 Å². The maximum Gasteiger partial charge on any atom is 0.227 e. The van der Waals surface area contributed by atoms with Gasteiger partial charge in [0.15, 0.2) is 5.58 Å². The van der Waals surface area contributed by atoms with Crippen LogP contribution in [0.1, 0.15) is 0 Å². The highest BCUT2D eigenvalue weighted by molar-refractivity contribution is 5.76. The van der Waals surface area contributed by atoms with Gasteiger partial charge in [-0.3, -0.25) is 0 Å². The molecule has 0 saturated heterocycles. The van der Waals surface area contributed by atoms with E-state index in [1.165, 1.54) is 0 Å². The fourth-order valence-corrected chi connectivity index (χ4v) is 1.84. The largest absolute Gasteiger partial charge is 0.495 e. The topological polar surface area (TPSA) is 61.3 Å². The number of para-hydroxylation sites is 2. The zero-order valence-corrected chi connectivity index (χ0v) is 9.88. The van der Waals surface area contributed by atoms with E-state index in [1.54, 1.807) is 13.2 Å². The summed E-state index contributed by atoms with van der Waals surface area (Å²) in [5.41, 5.74) is 8.82. The molecule has 0 aliphatic heterocycles. The van der Waals surface area contributed by atoms with Crippen LogP contribution in [0.5, 0.6) is 5.75 Å². The SMILES string of the molecule is COc1cc(-c2nc3ccccc3o2)ccc1N. The first-order valence-electron chi connectivity index (χ1n) is 5.57. The number of anilines is 1. The van der Waals surface area contributed by atoms with Crippen molar-refractivity contribution < 1.29 is 9.15 Å². The van der Waals surface area contributed by atoms with Gasteiger partial charge < -0.3 is 14.9 Å². The first-order valence-corrected chi connectivity index (χ1v) is 5.57. The Kier molecular flexibility index (Phi) is 2.41. The number of methoxy groups -OCH3 is 1. The average molecular weight is 240 g/mol. The van der Waals surface area contributed by atoms with E-state index in [1.807, 2.05) is 36.4 Å². The number of hydrogen-bond donors (Lipinski definition) is 1. The van der Waals surface area contributed by atoms with Crippen LogP contribution in [0.4, 0.5) is 5.69 Å². The van der Waals surface area contributed by atoms with E-state index in [9.17, 15) is 0 Å². The molecule has 0 bridgehead atoms. The second-order valence-electron chi connectivity index (χ2n) is 3.94. The highest BCUT2D eigenvalue weighted by atomic mass is 16.5. The van der Waals surface area contributed by atoms with Gasteiger partial charge in [-0.05, 0) is 30.3 Å². The summed E-state index contributed by atoms with van der Waals surface area (Å²) < 4.78 is 10.9. The zero-order valence-electron chi connectivity index (χ0n) is 9.88. The van der Waals surface area contributed by atoms with E-state index in [-0.39, 0.29) is 0 Å². The van der Waals surface area contributed by atoms with Crippen LogP contribution < -0.4 is 10.5 Å². The molecule has 0 unspecified atom stereocenters. The molecule has 2 N–H and O–H groups in total. The number of benzene rings is 2. The van der Waals surface area contributed by atoms with Crippen molar-refractivity contribution in [2.75, 3.05) is 12.8 Å². The van der Waals surface area contributed by atoms with Crippen LogP contribution in [0.3, 0.4) is 0 Å². The molecule has 18 heavy (non-hydrogen) atoms. The van der Waals surface area contributed by atoms with Crippen LogP contribution in [0, 0.1) is 0 Å². The van der Waals surface area contributed by atoms with Gasteiger partial charge >= 0.3 is 0 Å². The summed E-state index contributed by atoms with van der Waals surface area (Å²) in [5, 5.41) is 0. The third-order valence-electron chi connectivity index (χ3n) is 2.77. The van der Waals surface area contributed by atoms with Gasteiger partial charge in [0.25, 0.3) is 0 Å². The van der Waals surface area contributed by atoms with Gasteiger partial charge in [-0.2, -0.15) is 0 Å². The molecular weight excluding hydrogens is 228 g/mol. The molecule has 90 valence electrons. The Balaban J connectivity index is 2.13. The predicted octanol–water partition coefficient (Wildman–Crippen LogP) is 3.09. The number of hydrogen-bond acceptors (Lipinski definition) is 4. The smallest absolute Gasteiger partial charge is 0.227 e. The Morgan fingerprint density at radius 1 is 1.17 bits per heavy atom.